The summed E-state index contributed by atoms with van der Waals surface area (Å²) in [6.45, 7) is 3.65. The van der Waals surface area contributed by atoms with E-state index in [0.717, 1.165) is 23.4 Å². The zero-order valence-electron chi connectivity index (χ0n) is 13.4. The van der Waals surface area contributed by atoms with E-state index >= 15 is 0 Å². The Balaban J connectivity index is 2.06. The summed E-state index contributed by atoms with van der Waals surface area (Å²) in [5.74, 6) is 1.15. The van der Waals surface area contributed by atoms with Gasteiger partial charge in [-0.15, -0.1) is 0 Å². The molecule has 0 saturated heterocycles. The molecule has 0 radical (unpaired) electrons. The zero-order valence-corrected chi connectivity index (χ0v) is 13.4. The Morgan fingerprint density at radius 3 is 2.70 bits per heavy atom. The lowest BCUT2D eigenvalue weighted by Gasteiger charge is -2.17. The predicted molar refractivity (Wildman–Crippen MR) is 88.4 cm³/mol. The van der Waals surface area contributed by atoms with Crippen LogP contribution >= 0.6 is 0 Å². The van der Waals surface area contributed by atoms with Crippen molar-refractivity contribution in [3.05, 3.63) is 52.9 Å². The van der Waals surface area contributed by atoms with Crippen molar-refractivity contribution >= 4 is 0 Å². The Labute approximate surface area is 134 Å². The number of hydrogen-bond acceptors (Lipinski definition) is 4. The van der Waals surface area contributed by atoms with Crippen LogP contribution in [0, 0.1) is 13.8 Å². The summed E-state index contributed by atoms with van der Waals surface area (Å²) in [7, 11) is 1.66. The van der Waals surface area contributed by atoms with Gasteiger partial charge in [0.2, 0.25) is 0 Å². The van der Waals surface area contributed by atoms with E-state index < -0.39 is 0 Å². The van der Waals surface area contributed by atoms with E-state index in [2.05, 4.69) is 16.3 Å². The molecule has 0 amide bonds. The average molecular weight is 312 g/mol. The third-order valence-corrected chi connectivity index (χ3v) is 4.32. The number of nitrogens with one attached hydrogen (secondary N) is 1. The van der Waals surface area contributed by atoms with Crippen LogP contribution in [0.4, 0.5) is 0 Å². The number of ether oxygens (including phenoxy) is 1. The lowest BCUT2D eigenvalue weighted by Crippen LogP contribution is -2.02. The predicted octanol–water partition coefficient (Wildman–Crippen LogP) is 3.68. The van der Waals surface area contributed by atoms with E-state index in [-0.39, 0.29) is 17.4 Å². The maximum absolute atomic E-state index is 10.4. The molecule has 1 unspecified atom stereocenters. The summed E-state index contributed by atoms with van der Waals surface area (Å²) >= 11 is 0. The van der Waals surface area contributed by atoms with Gasteiger partial charge in [-0.3, -0.25) is 5.10 Å². The number of allylic oxidation sites excluding steroid dienone is 3. The second-order valence-electron chi connectivity index (χ2n) is 5.73. The molecule has 5 heteroatoms. The van der Waals surface area contributed by atoms with Gasteiger partial charge in [0.05, 0.1) is 12.8 Å². The summed E-state index contributed by atoms with van der Waals surface area (Å²) in [5.41, 5.74) is 3.80. The SMILES string of the molecule is COC1=CCC(c2c(-c3ccc(O)c(C)c3O)n[nH]c2C)C=C1. The summed E-state index contributed by atoms with van der Waals surface area (Å²) in [6, 6.07) is 3.28. The van der Waals surface area contributed by atoms with Crippen LogP contribution in [0.1, 0.15) is 29.2 Å². The molecule has 1 aliphatic carbocycles. The Kier molecular flexibility index (Phi) is 3.86. The molecule has 1 atom stereocenters. The first-order chi connectivity index (χ1) is 11.0. The van der Waals surface area contributed by atoms with Crippen molar-refractivity contribution < 1.29 is 14.9 Å². The largest absolute Gasteiger partial charge is 0.508 e. The zero-order chi connectivity index (χ0) is 16.6. The third-order valence-electron chi connectivity index (χ3n) is 4.32. The van der Waals surface area contributed by atoms with Crippen molar-refractivity contribution in [2.45, 2.75) is 26.2 Å². The molecule has 2 aromatic rings. The number of aryl methyl sites for hydroxylation is 1. The standard InChI is InChI=1S/C18H20N2O3/c1-10-15(21)9-8-14(18(10)22)17-16(11(2)19-20-17)12-4-6-13(23-3)7-5-12/h4,6-9,12,21-22H,5H2,1-3H3,(H,19,20). The fourth-order valence-electron chi connectivity index (χ4n) is 2.94. The van der Waals surface area contributed by atoms with Gasteiger partial charge in [-0.05, 0) is 44.6 Å². The molecule has 0 saturated carbocycles. The van der Waals surface area contributed by atoms with Crippen LogP contribution in [-0.2, 0) is 4.74 Å². The van der Waals surface area contributed by atoms with Gasteiger partial charge >= 0.3 is 0 Å². The van der Waals surface area contributed by atoms with Crippen LogP contribution in [0.3, 0.4) is 0 Å². The first-order valence-corrected chi connectivity index (χ1v) is 7.52. The van der Waals surface area contributed by atoms with E-state index in [9.17, 15) is 10.2 Å². The highest BCUT2D eigenvalue weighted by molar-refractivity contribution is 5.74. The van der Waals surface area contributed by atoms with Gasteiger partial charge in [0.25, 0.3) is 0 Å². The summed E-state index contributed by atoms with van der Waals surface area (Å²) < 4.78 is 5.23. The van der Waals surface area contributed by atoms with Crippen LogP contribution in [0.15, 0.2) is 36.1 Å². The maximum atomic E-state index is 10.4. The van der Waals surface area contributed by atoms with Gasteiger partial charge < -0.3 is 14.9 Å². The van der Waals surface area contributed by atoms with Crippen LogP contribution in [0.2, 0.25) is 0 Å². The molecule has 0 spiro atoms. The number of phenols is 2. The van der Waals surface area contributed by atoms with Crippen LogP contribution in [0.25, 0.3) is 11.3 Å². The van der Waals surface area contributed by atoms with E-state index in [0.29, 0.717) is 16.8 Å². The number of aromatic amines is 1. The van der Waals surface area contributed by atoms with Crippen molar-refractivity contribution in [3.63, 3.8) is 0 Å². The van der Waals surface area contributed by atoms with Gasteiger partial charge in [-0.25, -0.2) is 0 Å². The van der Waals surface area contributed by atoms with Crippen molar-refractivity contribution in [1.82, 2.24) is 10.2 Å². The Morgan fingerprint density at radius 1 is 1.26 bits per heavy atom. The summed E-state index contributed by atoms with van der Waals surface area (Å²) in [5, 5.41) is 27.5. The Hall–Kier alpha value is -2.69. The molecule has 0 aliphatic heterocycles. The molecule has 1 heterocycles. The van der Waals surface area contributed by atoms with Crippen LogP contribution in [0.5, 0.6) is 11.5 Å². The Morgan fingerprint density at radius 2 is 2.04 bits per heavy atom. The molecule has 1 aromatic carbocycles. The van der Waals surface area contributed by atoms with Gasteiger partial charge in [0.1, 0.15) is 17.3 Å². The molecule has 0 fully saturated rings. The number of benzene rings is 1. The maximum Gasteiger partial charge on any atom is 0.131 e. The summed E-state index contributed by atoms with van der Waals surface area (Å²) in [6.07, 6.45) is 6.89. The lowest BCUT2D eigenvalue weighted by atomic mass is 9.88. The molecule has 23 heavy (non-hydrogen) atoms. The monoisotopic (exact) mass is 312 g/mol. The molecule has 0 bridgehead atoms. The molecule has 1 aliphatic rings. The van der Waals surface area contributed by atoms with E-state index in [1.54, 1.807) is 26.2 Å². The molecular formula is C18H20N2O3. The minimum absolute atomic E-state index is 0.0608. The number of nitrogens with zero attached hydrogens (tertiary/aromatic N) is 1. The highest BCUT2D eigenvalue weighted by atomic mass is 16.5. The van der Waals surface area contributed by atoms with E-state index in [1.165, 1.54) is 0 Å². The normalized spacial score (nSPS) is 17.2. The van der Waals surface area contributed by atoms with Crippen LogP contribution < -0.4 is 0 Å². The molecule has 3 N–H and O–H groups in total. The lowest BCUT2D eigenvalue weighted by molar-refractivity contribution is 0.303. The van der Waals surface area contributed by atoms with Gasteiger partial charge in [0.15, 0.2) is 0 Å². The summed E-state index contributed by atoms with van der Waals surface area (Å²) in [4.78, 5) is 0. The third kappa shape index (κ3) is 2.59. The molecule has 3 rings (SSSR count). The quantitative estimate of drug-likeness (QED) is 0.808. The first-order valence-electron chi connectivity index (χ1n) is 7.52. The average Bonchev–Trinajstić information content (AvgIpc) is 2.94. The molecular weight excluding hydrogens is 292 g/mol. The number of aromatic hydroxyl groups is 2. The van der Waals surface area contributed by atoms with Crippen molar-refractivity contribution in [1.29, 1.82) is 0 Å². The van der Waals surface area contributed by atoms with Gasteiger partial charge in [0, 0.05) is 28.3 Å². The second-order valence-corrected chi connectivity index (χ2v) is 5.73. The molecule has 5 nitrogen and oxygen atoms in total. The number of aromatic nitrogens is 2. The first kappa shape index (κ1) is 15.2. The number of phenolic OH excluding ortho intramolecular Hbond substituents is 2. The highest BCUT2D eigenvalue weighted by Crippen LogP contribution is 2.41. The number of rotatable bonds is 3. The topological polar surface area (TPSA) is 78.4 Å². The number of methoxy groups -OCH3 is 1. The van der Waals surface area contributed by atoms with E-state index in [4.69, 9.17) is 4.74 Å². The molecule has 120 valence electrons. The number of hydrogen-bond donors (Lipinski definition) is 3. The Bertz CT molecular complexity index is 803. The highest BCUT2D eigenvalue weighted by Gasteiger charge is 2.23. The fraction of sp³-hybridized carbons (Fsp3) is 0.278. The second kappa shape index (κ2) is 5.83. The smallest absolute Gasteiger partial charge is 0.131 e. The minimum atomic E-state index is 0.0608. The van der Waals surface area contributed by atoms with Crippen molar-refractivity contribution in [3.8, 4) is 22.8 Å². The fourth-order valence-corrected chi connectivity index (χ4v) is 2.94. The van der Waals surface area contributed by atoms with E-state index in [1.807, 2.05) is 19.1 Å². The minimum Gasteiger partial charge on any atom is -0.508 e. The van der Waals surface area contributed by atoms with Crippen molar-refractivity contribution in [2.75, 3.05) is 7.11 Å². The van der Waals surface area contributed by atoms with Crippen LogP contribution in [-0.4, -0.2) is 27.5 Å². The number of H-pyrrole nitrogens is 1. The molecule has 1 aromatic heterocycles. The van der Waals surface area contributed by atoms with Gasteiger partial charge in [-0.1, -0.05) is 6.08 Å². The van der Waals surface area contributed by atoms with Crippen molar-refractivity contribution in [2.24, 2.45) is 0 Å². The van der Waals surface area contributed by atoms with Gasteiger partial charge in [-0.2, -0.15) is 5.10 Å².